The van der Waals surface area contributed by atoms with Crippen LogP contribution in [0.2, 0.25) is 9.49 Å². The normalized spacial score (nSPS) is 22.8. The number of halogens is 2. The molecule has 3 aromatic heterocycles. The quantitative estimate of drug-likeness (QED) is 0.498. The predicted molar refractivity (Wildman–Crippen MR) is 126 cm³/mol. The number of pyridine rings is 1. The summed E-state index contributed by atoms with van der Waals surface area (Å²) in [5, 5.41) is 0.934. The van der Waals surface area contributed by atoms with Gasteiger partial charge < -0.3 is 22.1 Å². The highest BCUT2D eigenvalue weighted by Crippen LogP contribution is 2.48. The van der Waals surface area contributed by atoms with E-state index in [1.807, 2.05) is 0 Å². The summed E-state index contributed by atoms with van der Waals surface area (Å²) in [7, 11) is 0. The van der Waals surface area contributed by atoms with Crippen LogP contribution < -0.4 is 22.1 Å². The summed E-state index contributed by atoms with van der Waals surface area (Å²) in [6.45, 7) is 0.789. The number of thiazole rings is 1. The van der Waals surface area contributed by atoms with Crippen molar-refractivity contribution in [2.75, 3.05) is 22.9 Å². The number of nitrogen functional groups attached to an aromatic ring is 2. The lowest BCUT2D eigenvalue weighted by molar-refractivity contribution is 0.198. The van der Waals surface area contributed by atoms with Gasteiger partial charge in [-0.3, -0.25) is 0 Å². The molecule has 0 saturated carbocycles. The van der Waals surface area contributed by atoms with Crippen LogP contribution in [0.4, 0.5) is 17.5 Å². The average Bonchev–Trinajstić information content (AvgIpc) is 3.20. The van der Waals surface area contributed by atoms with Crippen molar-refractivity contribution in [3.8, 4) is 0 Å². The lowest BCUT2D eigenvalue weighted by atomic mass is 9.75. The first-order valence-corrected chi connectivity index (χ1v) is 12.1. The molecule has 1 aliphatic heterocycles. The molecule has 0 bridgehead atoms. The fraction of sp³-hybridized carbons (Fsp3) is 0.368. The molecule has 5 rings (SSSR count). The average molecular weight is 495 g/mol. The van der Waals surface area contributed by atoms with E-state index >= 15 is 0 Å². The first-order chi connectivity index (χ1) is 14.8. The molecule has 4 heterocycles. The van der Waals surface area contributed by atoms with Crippen molar-refractivity contribution in [2.45, 2.75) is 41.8 Å². The highest BCUT2D eigenvalue weighted by molar-refractivity contribution is 7.99. The topological polar surface area (TPSA) is 133 Å². The van der Waals surface area contributed by atoms with Gasteiger partial charge in [-0.2, -0.15) is 0 Å². The minimum absolute atomic E-state index is 0.154. The zero-order valence-electron chi connectivity index (χ0n) is 16.4. The van der Waals surface area contributed by atoms with Crippen LogP contribution in [0.25, 0.3) is 0 Å². The van der Waals surface area contributed by atoms with Gasteiger partial charge in [0.25, 0.3) is 0 Å². The molecule has 0 aromatic carbocycles. The molecule has 2 aliphatic rings. The van der Waals surface area contributed by atoms with Gasteiger partial charge in [0.2, 0.25) is 0 Å². The molecule has 1 aliphatic carbocycles. The Hall–Kier alpha value is -1.85. The van der Waals surface area contributed by atoms with Crippen molar-refractivity contribution in [1.82, 2.24) is 19.9 Å². The van der Waals surface area contributed by atoms with Crippen LogP contribution in [0.3, 0.4) is 0 Å². The van der Waals surface area contributed by atoms with Crippen molar-refractivity contribution in [3.63, 3.8) is 0 Å². The number of hydrogen-bond acceptors (Lipinski definition) is 10. The Morgan fingerprint density at radius 2 is 2.00 bits per heavy atom. The molecule has 1 saturated heterocycles. The van der Waals surface area contributed by atoms with Crippen molar-refractivity contribution >= 4 is 63.8 Å². The Labute approximate surface area is 197 Å². The van der Waals surface area contributed by atoms with E-state index in [2.05, 4.69) is 24.8 Å². The van der Waals surface area contributed by atoms with Gasteiger partial charge in [0.05, 0.1) is 23.1 Å². The van der Waals surface area contributed by atoms with Crippen LogP contribution in [0.5, 0.6) is 0 Å². The van der Waals surface area contributed by atoms with Crippen LogP contribution in [0, 0.1) is 5.41 Å². The first kappa shape index (κ1) is 21.0. The maximum absolute atomic E-state index is 6.58. The van der Waals surface area contributed by atoms with Gasteiger partial charge >= 0.3 is 0 Å². The largest absolute Gasteiger partial charge is 0.382 e. The molecule has 2 atom stereocenters. The molecule has 6 N–H and O–H groups in total. The minimum Gasteiger partial charge on any atom is -0.382 e. The predicted octanol–water partition coefficient (Wildman–Crippen LogP) is 3.62. The van der Waals surface area contributed by atoms with Crippen LogP contribution in [-0.4, -0.2) is 32.6 Å². The third kappa shape index (κ3) is 3.91. The number of rotatable bonds is 3. The lowest BCUT2D eigenvalue weighted by Crippen LogP contribution is -2.52. The monoisotopic (exact) mass is 494 g/mol. The summed E-state index contributed by atoms with van der Waals surface area (Å²) < 4.78 is 0.626. The Morgan fingerprint density at radius 1 is 1.16 bits per heavy atom. The van der Waals surface area contributed by atoms with Crippen LogP contribution in [0.15, 0.2) is 28.4 Å². The number of nitrogens with zero attached hydrogens (tertiary/aromatic N) is 5. The third-order valence-corrected chi connectivity index (χ3v) is 8.67. The minimum atomic E-state index is -0.167. The molecule has 3 aromatic rings. The lowest BCUT2D eigenvalue weighted by Gasteiger charge is -2.44. The fourth-order valence-electron chi connectivity index (χ4n) is 4.40. The third-order valence-electron chi connectivity index (χ3n) is 5.89. The molecule has 8 nitrogen and oxygen atoms in total. The van der Waals surface area contributed by atoms with Crippen LogP contribution >= 0.6 is 46.3 Å². The molecule has 0 amide bonds. The zero-order valence-corrected chi connectivity index (χ0v) is 19.5. The molecule has 2 unspecified atom stereocenters. The van der Waals surface area contributed by atoms with E-state index in [-0.39, 0.29) is 17.4 Å². The van der Waals surface area contributed by atoms with E-state index < -0.39 is 0 Å². The van der Waals surface area contributed by atoms with E-state index in [1.54, 1.807) is 29.8 Å². The highest BCUT2D eigenvalue weighted by atomic mass is 35.5. The Kier molecular flexibility index (Phi) is 5.38. The number of piperidine rings is 1. The molecule has 162 valence electrons. The molecular weight excluding hydrogens is 475 g/mol. The van der Waals surface area contributed by atoms with Gasteiger partial charge in [-0.15, -0.1) is 11.3 Å². The Bertz CT molecular complexity index is 1130. The van der Waals surface area contributed by atoms with E-state index in [9.17, 15) is 0 Å². The van der Waals surface area contributed by atoms with E-state index in [0.717, 1.165) is 42.8 Å². The number of nitrogens with two attached hydrogens (primary N) is 3. The second-order valence-corrected chi connectivity index (χ2v) is 11.0. The van der Waals surface area contributed by atoms with Crippen molar-refractivity contribution < 1.29 is 0 Å². The molecule has 31 heavy (non-hydrogen) atoms. The molecule has 1 spiro atoms. The number of hydrogen-bond donors (Lipinski definition) is 3. The van der Waals surface area contributed by atoms with Gasteiger partial charge in [-0.05, 0) is 37.2 Å². The molecule has 0 radical (unpaired) electrons. The number of aromatic nitrogens is 4. The Balaban J connectivity index is 1.30. The van der Waals surface area contributed by atoms with E-state index in [4.69, 9.17) is 40.4 Å². The van der Waals surface area contributed by atoms with E-state index in [0.29, 0.717) is 26.2 Å². The maximum atomic E-state index is 6.58. The summed E-state index contributed by atoms with van der Waals surface area (Å²) in [6, 6.07) is 1.76. The zero-order chi connectivity index (χ0) is 21.8. The standard InChI is InChI=1S/C19H20Cl2N8S2/c20-14-10(1-3-25-15(14)23)30-17-16(24)28-13(8-26-17)29-4-2-19(7-12(29)22)5-9-11(6-19)31-18(21)27-9/h1,3,8,12H,2,4-7,22H2,(H2,23,25)(H2,24,28). The summed E-state index contributed by atoms with van der Waals surface area (Å²) in [5.41, 5.74) is 19.9. The van der Waals surface area contributed by atoms with Gasteiger partial charge in [-0.1, -0.05) is 35.0 Å². The summed E-state index contributed by atoms with van der Waals surface area (Å²) in [5.74, 6) is 1.27. The molecule has 1 fully saturated rings. The SMILES string of the molecule is Nc1nc(N2CCC3(Cc4nc(Cl)sc4C3)CC2N)cnc1Sc1ccnc(N)c1Cl. The van der Waals surface area contributed by atoms with Gasteiger partial charge in [-0.25, -0.2) is 19.9 Å². The highest BCUT2D eigenvalue weighted by Gasteiger charge is 2.44. The second-order valence-electron chi connectivity index (χ2n) is 7.93. The fourth-order valence-corrected chi connectivity index (χ4v) is 6.76. The van der Waals surface area contributed by atoms with Crippen molar-refractivity contribution in [1.29, 1.82) is 0 Å². The van der Waals surface area contributed by atoms with Gasteiger partial charge in [0.1, 0.15) is 10.8 Å². The Morgan fingerprint density at radius 3 is 2.74 bits per heavy atom. The molecule has 12 heteroatoms. The molecular formula is C19H20Cl2N8S2. The van der Waals surface area contributed by atoms with Crippen molar-refractivity contribution in [2.24, 2.45) is 11.1 Å². The van der Waals surface area contributed by atoms with Gasteiger partial charge in [0, 0.05) is 22.5 Å². The number of fused-ring (bicyclic) bond motifs is 1. The summed E-state index contributed by atoms with van der Waals surface area (Å²) >= 11 is 15.2. The van der Waals surface area contributed by atoms with Crippen LogP contribution in [0.1, 0.15) is 23.4 Å². The maximum Gasteiger partial charge on any atom is 0.184 e. The second kappa shape index (κ2) is 7.93. The summed E-state index contributed by atoms with van der Waals surface area (Å²) in [6.07, 6.45) is 6.93. The number of anilines is 3. The van der Waals surface area contributed by atoms with Crippen molar-refractivity contribution in [3.05, 3.63) is 38.5 Å². The van der Waals surface area contributed by atoms with E-state index in [1.165, 1.54) is 16.6 Å². The van der Waals surface area contributed by atoms with Gasteiger partial charge in [0.15, 0.2) is 16.1 Å². The summed E-state index contributed by atoms with van der Waals surface area (Å²) in [4.78, 5) is 21.6. The first-order valence-electron chi connectivity index (χ1n) is 9.70. The van der Waals surface area contributed by atoms with Crippen LogP contribution in [-0.2, 0) is 12.8 Å². The smallest absolute Gasteiger partial charge is 0.184 e.